The highest BCUT2D eigenvalue weighted by Crippen LogP contribution is 2.15. The third-order valence-corrected chi connectivity index (χ3v) is 4.56. The van der Waals surface area contributed by atoms with E-state index in [-0.39, 0.29) is 22.8 Å². The molecule has 0 fully saturated rings. The van der Waals surface area contributed by atoms with Crippen LogP contribution in [0.4, 0.5) is 4.39 Å². The zero-order valence-electron chi connectivity index (χ0n) is 16.8. The number of benzene rings is 1. The number of hydrogen-bond acceptors (Lipinski definition) is 2. The van der Waals surface area contributed by atoms with Crippen molar-refractivity contribution in [2.45, 2.75) is 59.5 Å². The predicted octanol–water partition coefficient (Wildman–Crippen LogP) is 4.09. The van der Waals surface area contributed by atoms with Crippen LogP contribution in [0.2, 0.25) is 0 Å². The zero-order chi connectivity index (χ0) is 20.2. The number of pyridine rings is 1. The van der Waals surface area contributed by atoms with Crippen molar-refractivity contribution in [2.24, 2.45) is 5.92 Å². The molecule has 5 heteroatoms. The Hall–Kier alpha value is -2.43. The summed E-state index contributed by atoms with van der Waals surface area (Å²) in [4.78, 5) is 25.6. The molecule has 1 N–H and O–H groups in total. The van der Waals surface area contributed by atoms with E-state index >= 15 is 0 Å². The quantitative estimate of drug-likeness (QED) is 0.796. The molecule has 4 nitrogen and oxygen atoms in total. The number of aryl methyl sites for hydroxylation is 2. The maximum atomic E-state index is 13.1. The van der Waals surface area contributed by atoms with E-state index in [1.165, 1.54) is 12.1 Å². The molecule has 0 spiro atoms. The second-order valence-corrected chi connectivity index (χ2v) is 8.20. The first-order valence-electron chi connectivity index (χ1n) is 9.36. The van der Waals surface area contributed by atoms with Gasteiger partial charge in [0.05, 0.1) is 0 Å². The fraction of sp³-hybridized carbons (Fsp3) is 0.455. The summed E-state index contributed by atoms with van der Waals surface area (Å²) in [7, 11) is 0. The van der Waals surface area contributed by atoms with E-state index in [2.05, 4.69) is 19.2 Å². The van der Waals surface area contributed by atoms with Gasteiger partial charge in [0, 0.05) is 18.3 Å². The van der Waals surface area contributed by atoms with Gasteiger partial charge in [-0.3, -0.25) is 9.59 Å². The van der Waals surface area contributed by atoms with Crippen LogP contribution in [0, 0.1) is 18.7 Å². The van der Waals surface area contributed by atoms with Crippen molar-refractivity contribution in [3.63, 3.8) is 0 Å². The lowest BCUT2D eigenvalue weighted by Crippen LogP contribution is -2.47. The van der Waals surface area contributed by atoms with E-state index in [0.29, 0.717) is 24.4 Å². The molecule has 0 saturated heterocycles. The molecule has 0 radical (unpaired) electrons. The summed E-state index contributed by atoms with van der Waals surface area (Å²) in [5.74, 6) is -0.184. The van der Waals surface area contributed by atoms with E-state index in [4.69, 9.17) is 0 Å². The molecule has 1 aromatic carbocycles. The Morgan fingerprint density at radius 2 is 1.81 bits per heavy atom. The maximum absolute atomic E-state index is 13.1. The van der Waals surface area contributed by atoms with Gasteiger partial charge in [0.15, 0.2) is 0 Å². The van der Waals surface area contributed by atoms with E-state index in [1.807, 2.05) is 19.9 Å². The molecular formula is C22H29FN2O2. The van der Waals surface area contributed by atoms with Crippen molar-refractivity contribution >= 4 is 5.91 Å². The maximum Gasteiger partial charge on any atom is 0.263 e. The van der Waals surface area contributed by atoms with Gasteiger partial charge in [-0.25, -0.2) is 4.39 Å². The Kier molecular flexibility index (Phi) is 6.58. The fourth-order valence-corrected chi connectivity index (χ4v) is 3.04. The minimum absolute atomic E-state index is 0.188. The van der Waals surface area contributed by atoms with Crippen molar-refractivity contribution in [3.05, 3.63) is 69.4 Å². The summed E-state index contributed by atoms with van der Waals surface area (Å²) >= 11 is 0. The van der Waals surface area contributed by atoms with Crippen LogP contribution in [0.5, 0.6) is 0 Å². The van der Waals surface area contributed by atoms with Crippen molar-refractivity contribution in [2.75, 3.05) is 0 Å². The minimum Gasteiger partial charge on any atom is -0.347 e. The Morgan fingerprint density at radius 3 is 2.41 bits per heavy atom. The van der Waals surface area contributed by atoms with E-state index in [0.717, 1.165) is 12.0 Å². The molecule has 0 aliphatic carbocycles. The molecule has 0 saturated carbocycles. The average molecular weight is 372 g/mol. The van der Waals surface area contributed by atoms with Crippen LogP contribution in [0.25, 0.3) is 0 Å². The summed E-state index contributed by atoms with van der Waals surface area (Å²) in [5, 5.41) is 2.96. The first kappa shape index (κ1) is 20.9. The van der Waals surface area contributed by atoms with Crippen molar-refractivity contribution < 1.29 is 9.18 Å². The molecule has 1 heterocycles. The summed E-state index contributed by atoms with van der Waals surface area (Å²) < 4.78 is 14.7. The van der Waals surface area contributed by atoms with E-state index in [1.54, 1.807) is 29.8 Å². The molecule has 0 aliphatic rings. The minimum atomic E-state index is -0.577. The first-order valence-corrected chi connectivity index (χ1v) is 9.36. The second-order valence-electron chi connectivity index (χ2n) is 8.20. The van der Waals surface area contributed by atoms with Gasteiger partial charge in [-0.1, -0.05) is 26.0 Å². The molecule has 0 unspecified atom stereocenters. The summed E-state index contributed by atoms with van der Waals surface area (Å²) in [6.07, 6.45) is 3.16. The molecule has 0 atom stereocenters. The van der Waals surface area contributed by atoms with Gasteiger partial charge in [-0.2, -0.15) is 0 Å². The lowest BCUT2D eigenvalue weighted by Gasteiger charge is -2.27. The van der Waals surface area contributed by atoms with Crippen LogP contribution in [0.3, 0.4) is 0 Å². The van der Waals surface area contributed by atoms with Gasteiger partial charge >= 0.3 is 0 Å². The number of halogens is 1. The van der Waals surface area contributed by atoms with Crippen molar-refractivity contribution in [3.8, 4) is 0 Å². The Balaban J connectivity index is 2.19. The van der Waals surface area contributed by atoms with Gasteiger partial charge in [0.2, 0.25) is 0 Å². The molecule has 0 bridgehead atoms. The number of nitrogens with one attached hydrogen (secondary N) is 1. The van der Waals surface area contributed by atoms with Gasteiger partial charge in [-0.05, 0) is 68.9 Å². The Bertz CT molecular complexity index is 852. The van der Waals surface area contributed by atoms with Crippen LogP contribution >= 0.6 is 0 Å². The topological polar surface area (TPSA) is 51.1 Å². The number of carbonyl (C=O) groups is 1. The normalized spacial score (nSPS) is 11.7. The molecule has 2 rings (SSSR count). The standard InChI is InChI=1S/C22H29FN2O2/c1-15(2)10-12-25-13-11-16(3)19(21(25)27)20(26)24-22(4,5)14-17-6-8-18(23)9-7-17/h6-9,11,13,15H,10,12,14H2,1-5H3,(H,24,26). The molecule has 27 heavy (non-hydrogen) atoms. The van der Waals surface area contributed by atoms with Gasteiger partial charge in [0.25, 0.3) is 11.5 Å². The second kappa shape index (κ2) is 8.51. The fourth-order valence-electron chi connectivity index (χ4n) is 3.04. The van der Waals surface area contributed by atoms with Gasteiger partial charge in [0.1, 0.15) is 11.4 Å². The van der Waals surface area contributed by atoms with Gasteiger partial charge < -0.3 is 9.88 Å². The van der Waals surface area contributed by atoms with Gasteiger partial charge in [-0.15, -0.1) is 0 Å². The zero-order valence-corrected chi connectivity index (χ0v) is 16.8. The largest absolute Gasteiger partial charge is 0.347 e. The van der Waals surface area contributed by atoms with Crippen molar-refractivity contribution in [1.29, 1.82) is 0 Å². The first-order chi connectivity index (χ1) is 12.6. The van der Waals surface area contributed by atoms with Crippen LogP contribution in [0.1, 0.15) is 55.6 Å². The number of carbonyl (C=O) groups excluding carboxylic acids is 1. The van der Waals surface area contributed by atoms with Crippen LogP contribution in [-0.4, -0.2) is 16.0 Å². The predicted molar refractivity (Wildman–Crippen MR) is 107 cm³/mol. The third-order valence-electron chi connectivity index (χ3n) is 4.56. The lowest BCUT2D eigenvalue weighted by atomic mass is 9.94. The third kappa shape index (κ3) is 5.78. The molecule has 1 amide bonds. The highest BCUT2D eigenvalue weighted by atomic mass is 19.1. The molecule has 2 aromatic rings. The Morgan fingerprint density at radius 1 is 1.19 bits per heavy atom. The Labute approximate surface area is 160 Å². The molecule has 1 aromatic heterocycles. The summed E-state index contributed by atoms with van der Waals surface area (Å²) in [5.41, 5.74) is 0.933. The monoisotopic (exact) mass is 372 g/mol. The smallest absolute Gasteiger partial charge is 0.263 e. The van der Waals surface area contributed by atoms with E-state index in [9.17, 15) is 14.0 Å². The number of nitrogens with zero attached hydrogens (tertiary/aromatic N) is 1. The number of amides is 1. The van der Waals surface area contributed by atoms with Crippen molar-refractivity contribution in [1.82, 2.24) is 9.88 Å². The average Bonchev–Trinajstić information content (AvgIpc) is 2.55. The van der Waals surface area contributed by atoms with Crippen LogP contribution < -0.4 is 10.9 Å². The molecule has 0 aliphatic heterocycles. The van der Waals surface area contributed by atoms with Crippen LogP contribution in [-0.2, 0) is 13.0 Å². The lowest BCUT2D eigenvalue weighted by molar-refractivity contribution is 0.0910. The SMILES string of the molecule is Cc1ccn(CCC(C)C)c(=O)c1C(=O)NC(C)(C)Cc1ccc(F)cc1. The van der Waals surface area contributed by atoms with Crippen LogP contribution in [0.15, 0.2) is 41.3 Å². The summed E-state index contributed by atoms with van der Waals surface area (Å²) in [6.45, 7) is 10.4. The highest BCUT2D eigenvalue weighted by molar-refractivity contribution is 5.95. The van der Waals surface area contributed by atoms with E-state index < -0.39 is 5.54 Å². The summed E-state index contributed by atoms with van der Waals surface area (Å²) in [6, 6.07) is 8.03. The molecule has 146 valence electrons. The highest BCUT2D eigenvalue weighted by Gasteiger charge is 2.25. The molecular weight excluding hydrogens is 343 g/mol. The number of rotatable bonds is 7. The number of aromatic nitrogens is 1. The number of hydrogen-bond donors (Lipinski definition) is 1.